The van der Waals surface area contributed by atoms with Gasteiger partial charge in [0.15, 0.2) is 0 Å². The van der Waals surface area contributed by atoms with Gasteiger partial charge in [-0.25, -0.2) is 0 Å². The zero-order chi connectivity index (χ0) is 9.14. The van der Waals surface area contributed by atoms with Crippen LogP contribution in [0.3, 0.4) is 0 Å². The molecule has 0 aliphatic carbocycles. The van der Waals surface area contributed by atoms with E-state index in [-0.39, 0.29) is 0 Å². The molecule has 0 N–H and O–H groups in total. The molecule has 0 fully saturated rings. The fourth-order valence-corrected chi connectivity index (χ4v) is 1.36. The first-order valence-electron chi connectivity index (χ1n) is 4.10. The normalized spacial score (nSPS) is 13.0. The zero-order valence-electron chi connectivity index (χ0n) is 7.27. The third kappa shape index (κ3) is 2.15. The van der Waals surface area contributed by atoms with Gasteiger partial charge in [-0.2, -0.15) is 0 Å². The van der Waals surface area contributed by atoms with E-state index in [1.54, 1.807) is 0 Å². The molecule has 1 aromatic carbocycles. The van der Waals surface area contributed by atoms with Gasteiger partial charge in [0.1, 0.15) is 0 Å². The Morgan fingerprint density at radius 2 is 1.92 bits per heavy atom. The van der Waals surface area contributed by atoms with Crippen LogP contribution in [0.4, 0.5) is 0 Å². The van der Waals surface area contributed by atoms with E-state index in [2.05, 4.69) is 13.8 Å². The van der Waals surface area contributed by atoms with Gasteiger partial charge < -0.3 is 0 Å². The molecule has 12 heavy (non-hydrogen) atoms. The molecule has 1 atom stereocenters. The van der Waals surface area contributed by atoms with Crippen molar-refractivity contribution in [1.82, 2.24) is 0 Å². The van der Waals surface area contributed by atoms with Crippen LogP contribution < -0.4 is 0 Å². The Labute approximate surface area is 83.5 Å². The second-order valence-electron chi connectivity index (χ2n) is 2.98. The Morgan fingerprint density at radius 1 is 1.25 bits per heavy atom. The van der Waals surface area contributed by atoms with Gasteiger partial charge in [0.05, 0.1) is 10.0 Å². The summed E-state index contributed by atoms with van der Waals surface area (Å²) in [6.07, 6.45) is 1.12. The lowest BCUT2D eigenvalue weighted by atomic mass is 9.99. The summed E-state index contributed by atoms with van der Waals surface area (Å²) in [6, 6.07) is 5.83. The van der Waals surface area contributed by atoms with Crippen LogP contribution in [0.1, 0.15) is 31.7 Å². The second-order valence-corrected chi connectivity index (χ2v) is 3.80. The van der Waals surface area contributed by atoms with Crippen LogP contribution in [-0.4, -0.2) is 0 Å². The smallest absolute Gasteiger partial charge is 0.0595 e. The molecule has 1 unspecified atom stereocenters. The van der Waals surface area contributed by atoms with Gasteiger partial charge in [-0.15, -0.1) is 0 Å². The Bertz CT molecular complexity index is 269. The van der Waals surface area contributed by atoms with Crippen molar-refractivity contribution in [2.45, 2.75) is 26.2 Å². The molecule has 0 amide bonds. The van der Waals surface area contributed by atoms with Gasteiger partial charge in [0.25, 0.3) is 0 Å². The van der Waals surface area contributed by atoms with E-state index in [0.717, 1.165) is 6.42 Å². The van der Waals surface area contributed by atoms with Crippen molar-refractivity contribution >= 4 is 23.2 Å². The highest BCUT2D eigenvalue weighted by molar-refractivity contribution is 6.42. The van der Waals surface area contributed by atoms with Crippen LogP contribution in [0.25, 0.3) is 0 Å². The van der Waals surface area contributed by atoms with Crippen LogP contribution in [0.15, 0.2) is 18.2 Å². The van der Waals surface area contributed by atoms with Crippen LogP contribution in [-0.2, 0) is 0 Å². The molecule has 0 aromatic heterocycles. The van der Waals surface area contributed by atoms with Crippen LogP contribution in [0.5, 0.6) is 0 Å². The average molecular weight is 203 g/mol. The second kappa shape index (κ2) is 4.15. The maximum absolute atomic E-state index is 5.88. The summed E-state index contributed by atoms with van der Waals surface area (Å²) in [5, 5.41) is 1.28. The average Bonchev–Trinajstić information content (AvgIpc) is 2.08. The molecule has 0 aliphatic rings. The fourth-order valence-electron chi connectivity index (χ4n) is 1.05. The molecular formula is C10H12Cl2. The summed E-state index contributed by atoms with van der Waals surface area (Å²) < 4.78 is 0. The summed E-state index contributed by atoms with van der Waals surface area (Å²) >= 11 is 11.7. The predicted octanol–water partition coefficient (Wildman–Crippen LogP) is 4.51. The molecule has 2 heteroatoms. The molecular weight excluding hydrogens is 191 g/mol. The lowest BCUT2D eigenvalue weighted by molar-refractivity contribution is 0.734. The zero-order valence-corrected chi connectivity index (χ0v) is 8.78. The monoisotopic (exact) mass is 202 g/mol. The highest BCUT2D eigenvalue weighted by Crippen LogP contribution is 2.27. The summed E-state index contributed by atoms with van der Waals surface area (Å²) in [6.45, 7) is 4.34. The van der Waals surface area contributed by atoms with Crippen LogP contribution >= 0.6 is 23.2 Å². The molecule has 0 radical (unpaired) electrons. The maximum atomic E-state index is 5.88. The number of benzene rings is 1. The summed E-state index contributed by atoms with van der Waals surface area (Å²) in [5.41, 5.74) is 1.26. The quantitative estimate of drug-likeness (QED) is 0.663. The third-order valence-electron chi connectivity index (χ3n) is 2.13. The minimum absolute atomic E-state index is 0.555. The number of rotatable bonds is 2. The van der Waals surface area contributed by atoms with E-state index in [0.29, 0.717) is 16.0 Å². The Morgan fingerprint density at radius 3 is 2.42 bits per heavy atom. The first kappa shape index (κ1) is 9.88. The van der Waals surface area contributed by atoms with Gasteiger partial charge in [-0.3, -0.25) is 0 Å². The fraction of sp³-hybridized carbons (Fsp3) is 0.400. The summed E-state index contributed by atoms with van der Waals surface area (Å²) in [4.78, 5) is 0. The van der Waals surface area contributed by atoms with Crippen molar-refractivity contribution in [2.75, 3.05) is 0 Å². The third-order valence-corrected chi connectivity index (χ3v) is 2.86. The molecule has 0 bridgehead atoms. The van der Waals surface area contributed by atoms with Crippen molar-refractivity contribution in [3.05, 3.63) is 33.8 Å². The molecule has 0 saturated heterocycles. The Kier molecular flexibility index (Phi) is 3.42. The van der Waals surface area contributed by atoms with Gasteiger partial charge >= 0.3 is 0 Å². The largest absolute Gasteiger partial charge is 0.0827 e. The van der Waals surface area contributed by atoms with E-state index in [1.807, 2.05) is 18.2 Å². The molecule has 0 aliphatic heterocycles. The van der Waals surface area contributed by atoms with Gasteiger partial charge in [0.2, 0.25) is 0 Å². The lowest BCUT2D eigenvalue weighted by Gasteiger charge is -2.09. The van der Waals surface area contributed by atoms with E-state index in [4.69, 9.17) is 23.2 Å². The van der Waals surface area contributed by atoms with Crippen molar-refractivity contribution in [1.29, 1.82) is 0 Å². The van der Waals surface area contributed by atoms with Gasteiger partial charge in [-0.05, 0) is 30.0 Å². The minimum atomic E-state index is 0.555. The van der Waals surface area contributed by atoms with Crippen LogP contribution in [0, 0.1) is 0 Å². The molecule has 1 rings (SSSR count). The van der Waals surface area contributed by atoms with Crippen molar-refractivity contribution in [3.8, 4) is 0 Å². The van der Waals surface area contributed by atoms with Crippen molar-refractivity contribution in [2.24, 2.45) is 0 Å². The van der Waals surface area contributed by atoms with Crippen molar-refractivity contribution in [3.63, 3.8) is 0 Å². The number of hydrogen-bond donors (Lipinski definition) is 0. The summed E-state index contributed by atoms with van der Waals surface area (Å²) in [5.74, 6) is 0.555. The molecule has 66 valence electrons. The molecule has 0 saturated carbocycles. The number of hydrogen-bond acceptors (Lipinski definition) is 0. The Hall–Kier alpha value is -0.200. The van der Waals surface area contributed by atoms with E-state index < -0.39 is 0 Å². The van der Waals surface area contributed by atoms with Crippen LogP contribution in [0.2, 0.25) is 10.0 Å². The number of halogens is 2. The molecule has 1 aromatic rings. The highest BCUT2D eigenvalue weighted by Gasteiger charge is 2.04. The summed E-state index contributed by atoms with van der Waals surface area (Å²) in [7, 11) is 0. The lowest BCUT2D eigenvalue weighted by Crippen LogP contribution is -1.90. The van der Waals surface area contributed by atoms with Gasteiger partial charge in [0, 0.05) is 0 Å². The molecule has 0 nitrogen and oxygen atoms in total. The first-order chi connectivity index (χ1) is 5.65. The topological polar surface area (TPSA) is 0 Å². The van der Waals surface area contributed by atoms with Gasteiger partial charge in [-0.1, -0.05) is 43.1 Å². The standard InChI is InChI=1S/C10H12Cl2/c1-3-7(2)8-4-5-9(11)10(12)6-8/h4-7H,3H2,1-2H3. The van der Waals surface area contributed by atoms with E-state index in [9.17, 15) is 0 Å². The maximum Gasteiger partial charge on any atom is 0.0595 e. The SMILES string of the molecule is CCC(C)c1ccc(Cl)c(Cl)c1. The molecule has 0 spiro atoms. The Balaban J connectivity index is 2.96. The highest BCUT2D eigenvalue weighted by atomic mass is 35.5. The van der Waals surface area contributed by atoms with E-state index >= 15 is 0 Å². The molecule has 0 heterocycles. The first-order valence-corrected chi connectivity index (χ1v) is 4.85. The predicted molar refractivity (Wildman–Crippen MR) is 55.2 cm³/mol. The van der Waals surface area contributed by atoms with E-state index in [1.165, 1.54) is 5.56 Å². The van der Waals surface area contributed by atoms with Crippen molar-refractivity contribution < 1.29 is 0 Å². The minimum Gasteiger partial charge on any atom is -0.0827 e.